The van der Waals surface area contributed by atoms with Crippen molar-refractivity contribution < 1.29 is 17.6 Å². The average molecular weight is 394 g/mol. The Morgan fingerprint density at radius 3 is 2.33 bits per heavy atom. The molecule has 148 valence electrons. The monoisotopic (exact) mass is 393 g/mol. The lowest BCUT2D eigenvalue weighted by Gasteiger charge is -2.28. The number of likely N-dealkylation sites (N-methyl/N-ethyl adjacent to an activating group) is 2. The summed E-state index contributed by atoms with van der Waals surface area (Å²) in [6.45, 7) is 5.79. The Bertz CT molecular complexity index is 803. The van der Waals surface area contributed by atoms with Crippen LogP contribution in [-0.2, 0) is 14.8 Å². The number of nitrogens with zero attached hydrogens (tertiary/aromatic N) is 2. The van der Waals surface area contributed by atoms with Crippen LogP contribution in [0.2, 0.25) is 0 Å². The van der Waals surface area contributed by atoms with Crippen molar-refractivity contribution in [2.75, 3.05) is 33.2 Å². The topological polar surface area (TPSA) is 82.9 Å². The predicted molar refractivity (Wildman–Crippen MR) is 104 cm³/mol. The minimum Gasteiger partial charge on any atom is -0.468 e. The fraction of sp³-hybridized carbons (Fsp3) is 0.421. The molecule has 8 heteroatoms. The molecule has 0 radical (unpaired) electrons. The highest BCUT2D eigenvalue weighted by Gasteiger charge is 2.25. The Labute approximate surface area is 161 Å². The number of benzene rings is 1. The zero-order valence-corrected chi connectivity index (χ0v) is 16.8. The van der Waals surface area contributed by atoms with Crippen molar-refractivity contribution in [3.05, 3.63) is 54.5 Å². The summed E-state index contributed by atoms with van der Waals surface area (Å²) < 4.78 is 31.6. The zero-order chi connectivity index (χ0) is 19.9. The summed E-state index contributed by atoms with van der Waals surface area (Å²) in [6.07, 6.45) is 1.61. The smallest absolute Gasteiger partial charge is 0.243 e. The van der Waals surface area contributed by atoms with Gasteiger partial charge in [-0.3, -0.25) is 9.69 Å². The van der Waals surface area contributed by atoms with Crippen molar-refractivity contribution in [1.82, 2.24) is 14.5 Å². The van der Waals surface area contributed by atoms with Crippen LogP contribution in [0.25, 0.3) is 0 Å². The van der Waals surface area contributed by atoms with Crippen molar-refractivity contribution >= 4 is 15.9 Å². The number of carbonyl (C=O) groups is 1. The van der Waals surface area contributed by atoms with Crippen molar-refractivity contribution in [2.24, 2.45) is 0 Å². The summed E-state index contributed by atoms with van der Waals surface area (Å²) in [4.78, 5) is 14.7. The summed E-state index contributed by atoms with van der Waals surface area (Å²) in [6, 6.07) is 11.7. The average Bonchev–Trinajstić information content (AvgIpc) is 3.20. The summed E-state index contributed by atoms with van der Waals surface area (Å²) in [5, 5.41) is 2.83. The maximum Gasteiger partial charge on any atom is 0.243 e. The number of nitrogens with one attached hydrogen (secondary N) is 1. The Hall–Kier alpha value is -2.16. The molecule has 1 N–H and O–H groups in total. The van der Waals surface area contributed by atoms with Crippen LogP contribution in [0.15, 0.2) is 58.0 Å². The number of sulfonamides is 1. The van der Waals surface area contributed by atoms with E-state index < -0.39 is 10.0 Å². The molecule has 2 aromatic rings. The van der Waals surface area contributed by atoms with Gasteiger partial charge in [0.15, 0.2) is 0 Å². The SMILES string of the molecule is CCN(CC)C(CNC(=O)CN(C)S(=O)(=O)c1ccccc1)c1ccco1. The number of rotatable bonds is 10. The second-order valence-corrected chi connectivity index (χ2v) is 8.18. The molecule has 0 aliphatic heterocycles. The van der Waals surface area contributed by atoms with Crippen LogP contribution in [0, 0.1) is 0 Å². The first-order valence-electron chi connectivity index (χ1n) is 8.95. The highest BCUT2D eigenvalue weighted by Crippen LogP contribution is 2.20. The first-order chi connectivity index (χ1) is 12.9. The number of hydrogen-bond acceptors (Lipinski definition) is 5. The van der Waals surface area contributed by atoms with E-state index in [0.29, 0.717) is 6.54 Å². The molecule has 2 rings (SSSR count). The van der Waals surface area contributed by atoms with Gasteiger partial charge in [0.05, 0.1) is 23.7 Å². The first kappa shape index (κ1) is 21.1. The van der Waals surface area contributed by atoms with Gasteiger partial charge >= 0.3 is 0 Å². The quantitative estimate of drug-likeness (QED) is 0.668. The molecule has 1 aromatic carbocycles. The van der Waals surface area contributed by atoms with E-state index in [2.05, 4.69) is 10.2 Å². The molecule has 0 fully saturated rings. The molecule has 1 aromatic heterocycles. The minimum atomic E-state index is -3.70. The lowest BCUT2D eigenvalue weighted by atomic mass is 10.2. The fourth-order valence-corrected chi connectivity index (χ4v) is 4.03. The Morgan fingerprint density at radius 1 is 1.11 bits per heavy atom. The van der Waals surface area contributed by atoms with Gasteiger partial charge in [-0.05, 0) is 37.4 Å². The molecule has 0 spiro atoms. The van der Waals surface area contributed by atoms with Gasteiger partial charge in [-0.2, -0.15) is 4.31 Å². The van der Waals surface area contributed by atoms with E-state index in [1.807, 2.05) is 26.0 Å². The fourth-order valence-electron chi connectivity index (χ4n) is 2.88. The molecular weight excluding hydrogens is 366 g/mol. The Balaban J connectivity index is 1.99. The molecule has 0 saturated carbocycles. The van der Waals surface area contributed by atoms with Crippen molar-refractivity contribution in [2.45, 2.75) is 24.8 Å². The highest BCUT2D eigenvalue weighted by atomic mass is 32.2. The Kier molecular flexibility index (Phi) is 7.58. The summed E-state index contributed by atoms with van der Waals surface area (Å²) in [5.74, 6) is 0.407. The van der Waals surface area contributed by atoms with E-state index >= 15 is 0 Å². The van der Waals surface area contributed by atoms with Gasteiger partial charge in [0.25, 0.3) is 0 Å². The summed E-state index contributed by atoms with van der Waals surface area (Å²) >= 11 is 0. The Morgan fingerprint density at radius 2 is 1.78 bits per heavy atom. The molecule has 27 heavy (non-hydrogen) atoms. The van der Waals surface area contributed by atoms with Crippen LogP contribution in [0.1, 0.15) is 25.6 Å². The molecule has 1 atom stereocenters. The van der Waals surface area contributed by atoms with Gasteiger partial charge in [-0.1, -0.05) is 32.0 Å². The van der Waals surface area contributed by atoms with E-state index in [1.54, 1.807) is 24.5 Å². The minimum absolute atomic E-state index is 0.102. The molecule has 1 heterocycles. The van der Waals surface area contributed by atoms with Crippen LogP contribution in [0.5, 0.6) is 0 Å². The molecule has 7 nitrogen and oxygen atoms in total. The second-order valence-electron chi connectivity index (χ2n) is 6.13. The third kappa shape index (κ3) is 5.41. The molecule has 0 saturated heterocycles. The van der Waals surface area contributed by atoms with Crippen LogP contribution >= 0.6 is 0 Å². The van der Waals surface area contributed by atoms with Gasteiger partial charge in [0.2, 0.25) is 15.9 Å². The van der Waals surface area contributed by atoms with Crippen LogP contribution < -0.4 is 5.32 Å². The number of amides is 1. The lowest BCUT2D eigenvalue weighted by Crippen LogP contribution is -2.42. The molecule has 1 unspecified atom stereocenters. The van der Waals surface area contributed by atoms with Gasteiger partial charge in [-0.25, -0.2) is 8.42 Å². The van der Waals surface area contributed by atoms with E-state index in [0.717, 1.165) is 23.2 Å². The maximum absolute atomic E-state index is 12.5. The number of furan rings is 1. The molecular formula is C19H27N3O4S. The van der Waals surface area contributed by atoms with Crippen LogP contribution in [-0.4, -0.2) is 56.8 Å². The highest BCUT2D eigenvalue weighted by molar-refractivity contribution is 7.89. The second kappa shape index (κ2) is 9.68. The van der Waals surface area contributed by atoms with Crippen molar-refractivity contribution in [3.63, 3.8) is 0 Å². The van der Waals surface area contributed by atoms with Gasteiger partial charge in [-0.15, -0.1) is 0 Å². The summed E-state index contributed by atoms with van der Waals surface area (Å²) in [7, 11) is -2.30. The maximum atomic E-state index is 12.5. The zero-order valence-electron chi connectivity index (χ0n) is 16.0. The molecule has 1 amide bonds. The van der Waals surface area contributed by atoms with Crippen molar-refractivity contribution in [3.8, 4) is 0 Å². The normalized spacial score (nSPS) is 13.1. The van der Waals surface area contributed by atoms with Crippen LogP contribution in [0.4, 0.5) is 0 Å². The lowest BCUT2D eigenvalue weighted by molar-refractivity contribution is -0.121. The molecule has 0 bridgehead atoms. The molecule has 0 aliphatic rings. The standard InChI is InChI=1S/C19H27N3O4S/c1-4-22(5-2)17(18-12-9-13-26-18)14-20-19(23)15-21(3)27(24,25)16-10-7-6-8-11-16/h6-13,17H,4-5,14-15H2,1-3H3,(H,20,23). The first-order valence-corrected chi connectivity index (χ1v) is 10.4. The van der Waals surface area contributed by atoms with E-state index in [1.165, 1.54) is 19.2 Å². The third-order valence-corrected chi connectivity index (χ3v) is 6.25. The summed E-state index contributed by atoms with van der Waals surface area (Å²) in [5.41, 5.74) is 0. The van der Waals surface area contributed by atoms with E-state index in [-0.39, 0.29) is 23.4 Å². The van der Waals surface area contributed by atoms with Gasteiger partial charge in [0, 0.05) is 13.6 Å². The van der Waals surface area contributed by atoms with Crippen molar-refractivity contribution in [1.29, 1.82) is 0 Å². The van der Waals surface area contributed by atoms with Gasteiger partial charge < -0.3 is 9.73 Å². The number of hydrogen-bond donors (Lipinski definition) is 1. The third-order valence-electron chi connectivity index (χ3n) is 4.43. The largest absolute Gasteiger partial charge is 0.468 e. The van der Waals surface area contributed by atoms with E-state index in [9.17, 15) is 13.2 Å². The predicted octanol–water partition coefficient (Wildman–Crippen LogP) is 2.10. The van der Waals surface area contributed by atoms with E-state index in [4.69, 9.17) is 4.42 Å². The van der Waals surface area contributed by atoms with Crippen LogP contribution in [0.3, 0.4) is 0 Å². The molecule has 0 aliphatic carbocycles. The van der Waals surface area contributed by atoms with Gasteiger partial charge in [0.1, 0.15) is 5.76 Å². The number of carbonyl (C=O) groups excluding carboxylic acids is 1.